The van der Waals surface area contributed by atoms with E-state index in [1.165, 1.54) is 47.4 Å². The van der Waals surface area contributed by atoms with Gasteiger partial charge in [0.05, 0.1) is 28.2 Å². The Labute approximate surface area is 682 Å². The van der Waals surface area contributed by atoms with Crippen LogP contribution in [0.4, 0.5) is 0 Å². The van der Waals surface area contributed by atoms with Crippen molar-refractivity contribution in [2.75, 3.05) is 13.1 Å². The summed E-state index contributed by atoms with van der Waals surface area (Å²) in [5, 5.41) is 13.4. The molecule has 614 valence electrons. The van der Waals surface area contributed by atoms with Crippen LogP contribution in [0.15, 0.2) is 121 Å². The molecule has 0 spiro atoms. The summed E-state index contributed by atoms with van der Waals surface area (Å²) < 4.78 is 10.1. The number of nitrogens with zero attached hydrogens (tertiary/aromatic N) is 9. The number of hydrogen-bond donors (Lipinski definition) is 0. The maximum Gasteiger partial charge on any atom is 0.245 e. The molecule has 1 fully saturated rings. The zero-order valence-corrected chi connectivity index (χ0v) is 76.6. The van der Waals surface area contributed by atoms with Crippen molar-refractivity contribution >= 4 is 64.1 Å². The highest BCUT2D eigenvalue weighted by atomic mass is 32.1. The highest BCUT2D eigenvalue weighted by Crippen LogP contribution is 2.36. The summed E-state index contributed by atoms with van der Waals surface area (Å²) >= 11 is 2.95. The summed E-state index contributed by atoms with van der Waals surface area (Å²) in [5.41, 5.74) is 8.64. The molecule has 0 saturated carbocycles. The molecular weight excluding hydrogens is 1410 g/mol. The first kappa shape index (κ1) is 101. The largest absolute Gasteiger partial charge is 0.339 e. The van der Waals surface area contributed by atoms with Gasteiger partial charge in [-0.05, 0) is 245 Å². The summed E-state index contributed by atoms with van der Waals surface area (Å²) in [6.45, 7) is 77.5. The van der Waals surface area contributed by atoms with Crippen LogP contribution in [-0.4, -0.2) is 85.5 Å². The molecule has 0 N–H and O–H groups in total. The maximum absolute atomic E-state index is 11.8. The molecule has 0 bridgehead atoms. The SMILES string of the molecule is C#Cc1nc(C(C)(C)C)cs1.C#Cc1nscc1C(C)(C)C.C=CC(=O)N1CCC(C(C)(C)C)C1.C=Cc1ccn(C(C)(C)C)n1.C=Cc1nccn1C(C)(C)C.CC(C)(C)C(=O)C1=CCC1.CC(C)(C)C(=O)C1=CCCC1.CC(C)(C)C(=O)C1=CCCCC1.CC(C)(C)C1CCC=CC1=O.Cc1ccn(C(C)(C)C)n1. The van der Waals surface area contributed by atoms with Gasteiger partial charge in [-0.1, -0.05) is 189 Å². The Bertz CT molecular complexity index is 4000. The van der Waals surface area contributed by atoms with Crippen molar-refractivity contribution in [3.63, 3.8) is 0 Å². The number of Topliss-reactive ketones (excluding diaryl/α,β-unsaturated/α-hetero) is 3. The van der Waals surface area contributed by atoms with E-state index in [1.54, 1.807) is 24.4 Å². The van der Waals surface area contributed by atoms with Crippen molar-refractivity contribution < 1.29 is 24.0 Å². The number of allylic oxidation sites excluding steroid dienone is 8. The van der Waals surface area contributed by atoms with E-state index < -0.39 is 0 Å². The van der Waals surface area contributed by atoms with Gasteiger partial charge in [-0.25, -0.2) is 9.97 Å². The van der Waals surface area contributed by atoms with Gasteiger partial charge >= 0.3 is 0 Å². The van der Waals surface area contributed by atoms with Crippen molar-refractivity contribution in [1.29, 1.82) is 0 Å². The second-order valence-electron chi connectivity index (χ2n) is 39.3. The van der Waals surface area contributed by atoms with Crippen LogP contribution in [0.25, 0.3) is 12.2 Å². The van der Waals surface area contributed by atoms with E-state index in [-0.39, 0.29) is 60.9 Å². The number of rotatable bonds is 6. The fraction of sp³-hybridized carbons (Fsp3) is 0.600. The van der Waals surface area contributed by atoms with Crippen LogP contribution >= 0.6 is 22.9 Å². The average molecular weight is 1560 g/mol. The summed E-state index contributed by atoms with van der Waals surface area (Å²) in [7, 11) is 0. The smallest absolute Gasteiger partial charge is 0.245 e. The van der Waals surface area contributed by atoms with E-state index in [0.717, 1.165) is 128 Å². The average Bonchev–Trinajstić information content (AvgIpc) is 1.82. The van der Waals surface area contributed by atoms with Crippen LogP contribution in [0.1, 0.15) is 324 Å². The molecule has 2 atom stereocenters. The molecule has 1 aliphatic heterocycles. The standard InChI is InChI=1S/C11H19NO.C11H18O.2C10H16O.2C9H14N2.2C9H11NS.C9H14O.C8H14N2/c1-5-10(13)12-7-6-9(8-12)11(2,3)4;1-11(2,3)10(12)9-7-5-4-6-8-9;1-10(2,3)8-6-4-5-7-9(8)11;1-10(2,3)9(11)8-6-4-5-7-8;1-5-8-10-6-7-11(8)9(2,3)4;1-5-8-6-7-11(10-8)9(2,3)4;1-5-8-10-7(6-11-8)9(2,3)4;1-5-8-7(6-11-10-8)9(2,3)4;1-9(2,3)8(10)7-5-4-6-7;1-7-5-6-10(9-7)8(2,3)4/h5,9H,1,6-8H2,2-4H3;7H,4-6,8H2,1-3H3;5,7-8H,4,6H2,1-3H3;6H,4-5,7H2,1-3H3;2*5-7H,1H2,2-4H3;2*1,6H,2-4H3;5H,4,6H2,1-3H3;5-6H,1-4H3. The van der Waals surface area contributed by atoms with Crippen LogP contribution in [0.2, 0.25) is 0 Å². The van der Waals surface area contributed by atoms with E-state index in [2.05, 4.69) is 218 Å². The third kappa shape index (κ3) is 37.2. The topological polar surface area (TPSA) is 168 Å². The maximum atomic E-state index is 11.8. The number of carbonyl (C=O) groups is 5. The van der Waals surface area contributed by atoms with Crippen molar-refractivity contribution in [3.8, 4) is 24.7 Å². The summed E-state index contributed by atoms with van der Waals surface area (Å²) in [6, 6.07) is 3.98. The number of terminal acetylenes is 2. The lowest BCUT2D eigenvalue weighted by Crippen LogP contribution is -2.29. The Hall–Kier alpha value is -7.66. The predicted molar refractivity (Wildman–Crippen MR) is 474 cm³/mol. The zero-order valence-electron chi connectivity index (χ0n) is 75.0. The lowest BCUT2D eigenvalue weighted by Gasteiger charge is -2.29. The highest BCUT2D eigenvalue weighted by Gasteiger charge is 2.34. The minimum absolute atomic E-state index is 0.0707. The van der Waals surface area contributed by atoms with Gasteiger partial charge in [0.25, 0.3) is 0 Å². The van der Waals surface area contributed by atoms with Gasteiger partial charge in [0, 0.05) is 87.3 Å². The monoisotopic (exact) mass is 1560 g/mol. The fourth-order valence-electron chi connectivity index (χ4n) is 11.4. The number of thiazole rings is 1. The number of hydrogen-bond acceptors (Lipinski definition) is 12. The third-order valence-electron chi connectivity index (χ3n) is 18.6. The Morgan fingerprint density at radius 2 is 1.08 bits per heavy atom. The first-order valence-electron chi connectivity index (χ1n) is 39.7. The van der Waals surface area contributed by atoms with Gasteiger partial charge < -0.3 is 9.47 Å². The van der Waals surface area contributed by atoms with E-state index >= 15 is 0 Å². The number of ketones is 4. The Kier molecular flexibility index (Phi) is 40.3. The van der Waals surface area contributed by atoms with Crippen LogP contribution in [-0.2, 0) is 51.4 Å². The lowest BCUT2D eigenvalue weighted by atomic mass is 9.74. The number of imidazole rings is 1. The van der Waals surface area contributed by atoms with E-state index in [0.29, 0.717) is 34.5 Å². The highest BCUT2D eigenvalue weighted by molar-refractivity contribution is 7.10. The number of likely N-dealkylation sites (tertiary alicyclic amines) is 1. The summed E-state index contributed by atoms with van der Waals surface area (Å²) in [4.78, 5) is 67.7. The van der Waals surface area contributed by atoms with Crippen molar-refractivity contribution in [2.24, 2.45) is 38.9 Å². The molecule has 16 heteroatoms. The second-order valence-corrected chi connectivity index (χ2v) is 40.8. The molecule has 14 nitrogen and oxygen atoms in total. The number of aryl methyl sites for hydroxylation is 1. The van der Waals surface area contributed by atoms with Crippen LogP contribution in [0.3, 0.4) is 0 Å². The van der Waals surface area contributed by atoms with Gasteiger partial charge in [-0.2, -0.15) is 14.6 Å². The first-order chi connectivity index (χ1) is 50.7. The van der Waals surface area contributed by atoms with Gasteiger partial charge in [0.2, 0.25) is 5.91 Å². The Morgan fingerprint density at radius 1 is 0.568 bits per heavy atom. The lowest BCUT2D eigenvalue weighted by molar-refractivity contribution is -0.125. The normalized spacial score (nSPS) is 16.3. The van der Waals surface area contributed by atoms with Crippen molar-refractivity contribution in [1.82, 2.24) is 43.4 Å². The van der Waals surface area contributed by atoms with E-state index in [4.69, 9.17) is 12.8 Å². The molecule has 1 amide bonds. The molecule has 1 saturated heterocycles. The quantitative estimate of drug-likeness (QED) is 0.118. The zero-order chi connectivity index (χ0) is 85.7. The Morgan fingerprint density at radius 3 is 1.36 bits per heavy atom. The Balaban J connectivity index is 0.000000617. The molecule has 0 radical (unpaired) electrons. The molecular formula is C95H147N9O5S2. The van der Waals surface area contributed by atoms with Gasteiger partial charge in [0.15, 0.2) is 28.1 Å². The summed E-state index contributed by atoms with van der Waals surface area (Å²) in [6.07, 6.45) is 46.2. The molecule has 5 aromatic rings. The molecule has 10 rings (SSSR count). The molecule has 5 aliphatic rings. The fourth-order valence-corrected chi connectivity index (χ4v) is 13.2. The van der Waals surface area contributed by atoms with Gasteiger partial charge in [-0.15, -0.1) is 24.2 Å². The van der Waals surface area contributed by atoms with Crippen molar-refractivity contribution in [3.05, 3.63) is 160 Å². The second kappa shape index (κ2) is 44.1. The van der Waals surface area contributed by atoms with Gasteiger partial charge in [-0.3, -0.25) is 33.3 Å². The number of carbonyl (C=O) groups excluding carboxylic acids is 5. The third-order valence-corrected chi connectivity index (χ3v) is 20.1. The minimum Gasteiger partial charge on any atom is -0.339 e. The molecule has 4 aliphatic carbocycles. The van der Waals surface area contributed by atoms with Crippen molar-refractivity contribution in [2.45, 2.75) is 319 Å². The van der Waals surface area contributed by atoms with Crippen LogP contribution < -0.4 is 0 Å². The molecule has 0 aromatic carbocycles. The molecule has 111 heavy (non-hydrogen) atoms. The molecule has 5 aromatic heterocycles. The summed E-state index contributed by atoms with van der Waals surface area (Å²) in [5.74, 6) is 8.28. The molecule has 6 heterocycles. The first-order valence-corrected chi connectivity index (χ1v) is 41.5. The molecule has 2 unspecified atom stereocenters. The van der Waals surface area contributed by atoms with Gasteiger partial charge in [0.1, 0.15) is 11.5 Å². The van der Waals surface area contributed by atoms with E-state index in [9.17, 15) is 24.0 Å². The number of aromatic nitrogens is 8. The van der Waals surface area contributed by atoms with E-state index in [1.807, 2.05) is 137 Å². The predicted octanol–water partition coefficient (Wildman–Crippen LogP) is 24.1. The number of amides is 1. The van der Waals surface area contributed by atoms with Crippen LogP contribution in [0, 0.1) is 70.5 Å². The minimum atomic E-state index is -0.191. The van der Waals surface area contributed by atoms with Crippen LogP contribution in [0.5, 0.6) is 0 Å².